The number of aromatic hydroxyl groups is 2. The Bertz CT molecular complexity index is 1200. The van der Waals surface area contributed by atoms with Crippen LogP contribution in [0, 0.1) is 0 Å². The molecule has 2 heterocycles. The van der Waals surface area contributed by atoms with E-state index in [0.29, 0.717) is 22.3 Å². The summed E-state index contributed by atoms with van der Waals surface area (Å²) >= 11 is 0. The van der Waals surface area contributed by atoms with E-state index in [-0.39, 0.29) is 28.6 Å². The van der Waals surface area contributed by atoms with E-state index in [9.17, 15) is 19.8 Å². The Labute approximate surface area is 159 Å². The summed E-state index contributed by atoms with van der Waals surface area (Å²) in [4.78, 5) is 24.9. The molecule has 0 amide bonds. The number of rotatable bonds is 1. The Morgan fingerprint density at radius 2 is 1.71 bits per heavy atom. The third-order valence-corrected chi connectivity index (χ3v) is 5.20. The van der Waals surface area contributed by atoms with Crippen LogP contribution in [0.15, 0.2) is 54.6 Å². The highest BCUT2D eigenvalue weighted by molar-refractivity contribution is 6.02. The molecule has 0 fully saturated rings. The van der Waals surface area contributed by atoms with Crippen molar-refractivity contribution < 1.29 is 29.3 Å². The van der Waals surface area contributed by atoms with Gasteiger partial charge >= 0.3 is 5.97 Å². The van der Waals surface area contributed by atoms with E-state index in [1.807, 2.05) is 0 Å². The summed E-state index contributed by atoms with van der Waals surface area (Å²) in [5, 5.41) is 20.2. The van der Waals surface area contributed by atoms with Crippen molar-refractivity contribution in [2.24, 2.45) is 0 Å². The molecular weight excluding hydrogens is 360 g/mol. The van der Waals surface area contributed by atoms with E-state index >= 15 is 0 Å². The maximum Gasteiger partial charge on any atom is 0.340 e. The minimum Gasteiger partial charge on any atom is -0.508 e. The normalized spacial score (nSPS) is 18.7. The number of carbonyl (C=O) groups is 2. The van der Waals surface area contributed by atoms with Crippen molar-refractivity contribution in [3.05, 3.63) is 82.4 Å². The third kappa shape index (κ3) is 1.91. The maximum atomic E-state index is 12.7. The number of phenols is 2. The molecule has 138 valence electrons. The molecule has 3 aromatic rings. The average Bonchev–Trinajstić information content (AvgIpc) is 2.95. The molecule has 28 heavy (non-hydrogen) atoms. The molecule has 1 unspecified atom stereocenters. The lowest BCUT2D eigenvalue weighted by atomic mass is 9.77. The van der Waals surface area contributed by atoms with Gasteiger partial charge < -0.3 is 19.7 Å². The van der Waals surface area contributed by atoms with Crippen LogP contribution in [0.3, 0.4) is 0 Å². The second-order valence-corrected chi connectivity index (χ2v) is 6.79. The van der Waals surface area contributed by atoms with Gasteiger partial charge in [0.15, 0.2) is 11.4 Å². The molecule has 2 N–H and O–H groups in total. The number of Topliss-reactive ketones (excluding diaryl/α,β-unsaturated/α-hetero) is 1. The van der Waals surface area contributed by atoms with Crippen molar-refractivity contribution >= 4 is 11.8 Å². The Morgan fingerprint density at radius 3 is 2.50 bits per heavy atom. The van der Waals surface area contributed by atoms with Gasteiger partial charge in [0.25, 0.3) is 0 Å². The highest BCUT2D eigenvalue weighted by Gasteiger charge is 2.54. The van der Waals surface area contributed by atoms with Crippen LogP contribution in [0.2, 0.25) is 0 Å². The number of hydrogen-bond donors (Lipinski definition) is 2. The molecule has 1 spiro atoms. The first-order valence-electron chi connectivity index (χ1n) is 8.65. The first kappa shape index (κ1) is 16.4. The molecule has 6 heteroatoms. The van der Waals surface area contributed by atoms with Crippen LogP contribution < -0.4 is 4.74 Å². The van der Waals surface area contributed by atoms with Crippen LogP contribution >= 0.6 is 0 Å². The Hall–Kier alpha value is -3.80. The van der Waals surface area contributed by atoms with E-state index < -0.39 is 17.4 Å². The minimum atomic E-state index is -1.35. The maximum absolute atomic E-state index is 12.7. The fraction of sp³-hybridized carbons (Fsp3) is 0.0909. The van der Waals surface area contributed by atoms with Gasteiger partial charge in [-0.1, -0.05) is 18.2 Å². The zero-order chi connectivity index (χ0) is 19.6. The summed E-state index contributed by atoms with van der Waals surface area (Å²) in [6.07, 6.45) is 0. The largest absolute Gasteiger partial charge is 0.508 e. The first-order chi connectivity index (χ1) is 13.4. The fourth-order valence-electron chi connectivity index (χ4n) is 4.05. The molecule has 0 saturated heterocycles. The van der Waals surface area contributed by atoms with E-state index in [1.54, 1.807) is 36.4 Å². The Kier molecular flexibility index (Phi) is 3.13. The van der Waals surface area contributed by atoms with Gasteiger partial charge in [0.05, 0.1) is 5.56 Å². The molecule has 2 aliphatic heterocycles. The Balaban J connectivity index is 1.94. The molecular formula is C22H14O6. The molecule has 5 rings (SSSR count). The van der Waals surface area contributed by atoms with E-state index in [1.165, 1.54) is 25.1 Å². The summed E-state index contributed by atoms with van der Waals surface area (Å²) in [5.74, 6) is -0.826. The van der Waals surface area contributed by atoms with Gasteiger partial charge in [-0.3, -0.25) is 4.79 Å². The lowest BCUT2D eigenvalue weighted by Crippen LogP contribution is -2.33. The molecule has 0 radical (unpaired) electrons. The van der Waals surface area contributed by atoms with E-state index in [4.69, 9.17) is 9.47 Å². The van der Waals surface area contributed by atoms with Crippen molar-refractivity contribution in [2.75, 3.05) is 0 Å². The molecule has 0 saturated carbocycles. The molecule has 6 nitrogen and oxygen atoms in total. The number of esters is 1. The number of phenolic OH excluding ortho intramolecular Hbond substituents is 2. The second-order valence-electron chi connectivity index (χ2n) is 6.79. The van der Waals surface area contributed by atoms with Crippen molar-refractivity contribution in [1.29, 1.82) is 0 Å². The highest BCUT2D eigenvalue weighted by Crippen LogP contribution is 2.58. The van der Waals surface area contributed by atoms with Crippen LogP contribution in [0.5, 0.6) is 23.0 Å². The van der Waals surface area contributed by atoms with Crippen molar-refractivity contribution in [3.8, 4) is 23.0 Å². The summed E-state index contributed by atoms with van der Waals surface area (Å²) in [5.41, 5.74) is 0.625. The number of fused-ring (bicyclic) bond motifs is 6. The summed E-state index contributed by atoms with van der Waals surface area (Å²) < 4.78 is 11.9. The third-order valence-electron chi connectivity index (χ3n) is 5.20. The average molecular weight is 374 g/mol. The first-order valence-corrected chi connectivity index (χ1v) is 8.65. The van der Waals surface area contributed by atoms with Crippen molar-refractivity contribution in [3.63, 3.8) is 0 Å². The SMILES string of the molecule is CC(=O)c1c(O)ccc2c1Oc1cc(O)ccc1C21OC(=O)c2ccccc21. The molecule has 3 aromatic carbocycles. The van der Waals surface area contributed by atoms with Crippen LogP contribution in [0.4, 0.5) is 0 Å². The predicted octanol–water partition coefficient (Wildman–Crippen LogP) is 3.87. The second kappa shape index (κ2) is 5.36. The van der Waals surface area contributed by atoms with Crippen molar-refractivity contribution in [2.45, 2.75) is 12.5 Å². The van der Waals surface area contributed by atoms with Gasteiger partial charge in [-0.15, -0.1) is 0 Å². The number of ketones is 1. The van der Waals surface area contributed by atoms with Gasteiger partial charge in [-0.2, -0.15) is 0 Å². The predicted molar refractivity (Wildman–Crippen MR) is 98.0 cm³/mol. The van der Waals surface area contributed by atoms with Gasteiger partial charge in [0, 0.05) is 22.8 Å². The van der Waals surface area contributed by atoms with Crippen LogP contribution in [-0.2, 0) is 10.3 Å². The molecule has 1 atom stereocenters. The molecule has 2 aliphatic rings. The van der Waals surface area contributed by atoms with Gasteiger partial charge in [0.1, 0.15) is 28.6 Å². The number of benzene rings is 3. The Morgan fingerprint density at radius 1 is 0.964 bits per heavy atom. The number of carbonyl (C=O) groups excluding carboxylic acids is 2. The van der Waals surface area contributed by atoms with E-state index in [2.05, 4.69) is 0 Å². The quantitative estimate of drug-likeness (QED) is 0.496. The van der Waals surface area contributed by atoms with Gasteiger partial charge in [0.2, 0.25) is 0 Å². The zero-order valence-electron chi connectivity index (χ0n) is 14.7. The lowest BCUT2D eigenvalue weighted by Gasteiger charge is -2.37. The monoisotopic (exact) mass is 374 g/mol. The smallest absolute Gasteiger partial charge is 0.340 e. The van der Waals surface area contributed by atoms with Crippen LogP contribution in [-0.4, -0.2) is 22.0 Å². The topological polar surface area (TPSA) is 93.1 Å². The minimum absolute atomic E-state index is 0.00806. The van der Waals surface area contributed by atoms with Crippen molar-refractivity contribution in [1.82, 2.24) is 0 Å². The number of hydrogen-bond acceptors (Lipinski definition) is 6. The van der Waals surface area contributed by atoms with Crippen LogP contribution in [0.1, 0.15) is 44.3 Å². The summed E-state index contributed by atoms with van der Waals surface area (Å²) in [7, 11) is 0. The highest BCUT2D eigenvalue weighted by atomic mass is 16.6. The van der Waals surface area contributed by atoms with Gasteiger partial charge in [-0.25, -0.2) is 4.79 Å². The number of ether oxygens (including phenoxy) is 2. The molecule has 0 aromatic heterocycles. The standard InChI is InChI=1S/C22H14O6/c1-11(23)19-17(25)9-8-16-20(19)27-18-10-12(24)6-7-15(18)22(16)14-5-3-2-4-13(14)21(26)28-22/h2-10,24-25H,1H3. The van der Waals surface area contributed by atoms with Gasteiger partial charge in [-0.05, 0) is 37.3 Å². The summed E-state index contributed by atoms with van der Waals surface area (Å²) in [6, 6.07) is 14.5. The van der Waals surface area contributed by atoms with E-state index in [0.717, 1.165) is 0 Å². The summed E-state index contributed by atoms with van der Waals surface area (Å²) in [6.45, 7) is 1.32. The molecule has 0 bridgehead atoms. The molecule has 0 aliphatic carbocycles. The zero-order valence-corrected chi connectivity index (χ0v) is 14.7. The van der Waals surface area contributed by atoms with Crippen LogP contribution in [0.25, 0.3) is 0 Å². The lowest BCUT2D eigenvalue weighted by molar-refractivity contribution is 0.0224. The fourth-order valence-corrected chi connectivity index (χ4v) is 4.05.